The SMILES string of the molecule is Cc1ccc(S(=O)(=O)NCCNC(=O)c2cnn(-c3ccccc3F)c2C)cc1. The van der Waals surface area contributed by atoms with Crippen molar-refractivity contribution >= 4 is 15.9 Å². The second-order valence-corrected chi connectivity index (χ2v) is 8.24. The normalized spacial score (nSPS) is 11.4. The highest BCUT2D eigenvalue weighted by atomic mass is 32.2. The number of hydrogen-bond acceptors (Lipinski definition) is 4. The van der Waals surface area contributed by atoms with Crippen molar-refractivity contribution in [1.29, 1.82) is 0 Å². The molecule has 2 aromatic carbocycles. The lowest BCUT2D eigenvalue weighted by molar-refractivity contribution is 0.0953. The van der Waals surface area contributed by atoms with E-state index in [1.54, 1.807) is 37.3 Å². The summed E-state index contributed by atoms with van der Waals surface area (Å²) in [6, 6.07) is 12.6. The molecule has 0 radical (unpaired) electrons. The van der Waals surface area contributed by atoms with Crippen LogP contribution in [-0.2, 0) is 10.0 Å². The van der Waals surface area contributed by atoms with E-state index in [0.29, 0.717) is 5.69 Å². The number of nitrogens with zero attached hydrogens (tertiary/aromatic N) is 2. The summed E-state index contributed by atoms with van der Waals surface area (Å²) in [4.78, 5) is 12.6. The van der Waals surface area contributed by atoms with Crippen LogP contribution in [0.3, 0.4) is 0 Å². The van der Waals surface area contributed by atoms with Crippen LogP contribution in [0, 0.1) is 19.7 Å². The highest BCUT2D eigenvalue weighted by molar-refractivity contribution is 7.89. The Morgan fingerprint density at radius 3 is 2.45 bits per heavy atom. The van der Waals surface area contributed by atoms with Gasteiger partial charge in [0.15, 0.2) is 0 Å². The number of benzene rings is 2. The average Bonchev–Trinajstić information content (AvgIpc) is 3.07. The molecule has 0 aliphatic rings. The lowest BCUT2D eigenvalue weighted by atomic mass is 10.2. The number of nitrogens with one attached hydrogen (secondary N) is 2. The van der Waals surface area contributed by atoms with Crippen molar-refractivity contribution in [2.45, 2.75) is 18.7 Å². The molecular weight excluding hydrogens is 395 g/mol. The minimum atomic E-state index is -3.64. The molecule has 0 saturated heterocycles. The van der Waals surface area contributed by atoms with Gasteiger partial charge in [-0.2, -0.15) is 5.10 Å². The predicted octanol–water partition coefficient (Wildman–Crippen LogP) is 2.34. The number of rotatable bonds is 7. The molecule has 152 valence electrons. The third-order valence-electron chi connectivity index (χ3n) is 4.37. The van der Waals surface area contributed by atoms with Crippen LogP contribution in [0.2, 0.25) is 0 Å². The molecule has 0 saturated carbocycles. The Hall–Kier alpha value is -3.04. The average molecular weight is 416 g/mol. The Bertz CT molecular complexity index is 1120. The Morgan fingerprint density at radius 1 is 1.07 bits per heavy atom. The van der Waals surface area contributed by atoms with Crippen molar-refractivity contribution in [1.82, 2.24) is 19.8 Å². The maximum absolute atomic E-state index is 14.0. The summed E-state index contributed by atoms with van der Waals surface area (Å²) in [6.45, 7) is 3.65. The molecule has 1 heterocycles. The molecule has 0 aliphatic carbocycles. The van der Waals surface area contributed by atoms with Crippen molar-refractivity contribution in [2.75, 3.05) is 13.1 Å². The minimum Gasteiger partial charge on any atom is -0.351 e. The third-order valence-corrected chi connectivity index (χ3v) is 5.85. The van der Waals surface area contributed by atoms with Crippen molar-refractivity contribution in [3.05, 3.63) is 77.4 Å². The van der Waals surface area contributed by atoms with Crippen LogP contribution >= 0.6 is 0 Å². The Labute approximate surface area is 168 Å². The summed E-state index contributed by atoms with van der Waals surface area (Å²) < 4.78 is 42.2. The summed E-state index contributed by atoms with van der Waals surface area (Å²) in [6.07, 6.45) is 1.35. The summed E-state index contributed by atoms with van der Waals surface area (Å²) in [5.41, 5.74) is 1.97. The lowest BCUT2D eigenvalue weighted by Gasteiger charge is -2.09. The summed E-state index contributed by atoms with van der Waals surface area (Å²) in [7, 11) is -3.64. The van der Waals surface area contributed by atoms with Gasteiger partial charge in [0.2, 0.25) is 10.0 Å². The van der Waals surface area contributed by atoms with Crippen molar-refractivity contribution < 1.29 is 17.6 Å². The van der Waals surface area contributed by atoms with Crippen LogP contribution in [0.25, 0.3) is 5.69 Å². The first kappa shape index (κ1) is 20.7. The second-order valence-electron chi connectivity index (χ2n) is 6.47. The van der Waals surface area contributed by atoms with Crippen LogP contribution in [0.4, 0.5) is 4.39 Å². The van der Waals surface area contributed by atoms with Gasteiger partial charge in [0.25, 0.3) is 5.91 Å². The highest BCUT2D eigenvalue weighted by Gasteiger charge is 2.17. The quantitative estimate of drug-likeness (QED) is 0.578. The molecule has 0 bridgehead atoms. The van der Waals surface area contributed by atoms with E-state index >= 15 is 0 Å². The molecule has 1 amide bonds. The molecule has 0 fully saturated rings. The molecule has 7 nitrogen and oxygen atoms in total. The summed E-state index contributed by atoms with van der Waals surface area (Å²) >= 11 is 0. The second kappa shape index (κ2) is 8.54. The molecule has 0 unspecified atom stereocenters. The molecule has 29 heavy (non-hydrogen) atoms. The lowest BCUT2D eigenvalue weighted by Crippen LogP contribution is -2.34. The highest BCUT2D eigenvalue weighted by Crippen LogP contribution is 2.17. The number of hydrogen-bond donors (Lipinski definition) is 2. The van der Waals surface area contributed by atoms with Gasteiger partial charge in [0, 0.05) is 13.1 Å². The van der Waals surface area contributed by atoms with Crippen LogP contribution in [0.1, 0.15) is 21.6 Å². The van der Waals surface area contributed by atoms with E-state index in [-0.39, 0.29) is 29.2 Å². The molecule has 2 N–H and O–H groups in total. The predicted molar refractivity (Wildman–Crippen MR) is 107 cm³/mol. The largest absolute Gasteiger partial charge is 0.351 e. The fourth-order valence-electron chi connectivity index (χ4n) is 2.76. The van der Waals surface area contributed by atoms with Crippen LogP contribution in [-0.4, -0.2) is 37.2 Å². The summed E-state index contributed by atoms with van der Waals surface area (Å²) in [5.74, 6) is -0.865. The fourth-order valence-corrected chi connectivity index (χ4v) is 3.79. The van der Waals surface area contributed by atoms with Gasteiger partial charge in [-0.1, -0.05) is 29.8 Å². The maximum Gasteiger partial charge on any atom is 0.254 e. The first-order valence-electron chi connectivity index (χ1n) is 8.93. The van der Waals surface area contributed by atoms with E-state index in [9.17, 15) is 17.6 Å². The van der Waals surface area contributed by atoms with E-state index in [0.717, 1.165) is 5.56 Å². The van der Waals surface area contributed by atoms with E-state index in [4.69, 9.17) is 0 Å². The standard InChI is InChI=1S/C20H21FN4O3S/c1-14-7-9-16(10-8-14)29(27,28)24-12-11-22-20(26)17-13-23-25(15(17)2)19-6-4-3-5-18(19)21/h3-10,13,24H,11-12H2,1-2H3,(H,22,26). The van der Waals surface area contributed by atoms with Gasteiger partial charge in [0.05, 0.1) is 22.3 Å². The van der Waals surface area contributed by atoms with Gasteiger partial charge in [-0.3, -0.25) is 4.79 Å². The zero-order valence-electron chi connectivity index (χ0n) is 16.0. The van der Waals surface area contributed by atoms with Crippen molar-refractivity contribution in [2.24, 2.45) is 0 Å². The Morgan fingerprint density at radius 2 is 1.76 bits per heavy atom. The number of carbonyl (C=O) groups excluding carboxylic acids is 1. The molecular formula is C20H21FN4O3S. The molecule has 3 aromatic rings. The van der Waals surface area contributed by atoms with Gasteiger partial charge in [-0.15, -0.1) is 0 Å². The first-order chi connectivity index (χ1) is 13.8. The van der Waals surface area contributed by atoms with Gasteiger partial charge in [-0.25, -0.2) is 22.2 Å². The van der Waals surface area contributed by atoms with E-state index < -0.39 is 21.7 Å². The monoisotopic (exact) mass is 416 g/mol. The number of amides is 1. The number of halogens is 1. The number of sulfonamides is 1. The fraction of sp³-hybridized carbons (Fsp3) is 0.200. The minimum absolute atomic E-state index is 0.0302. The molecule has 0 atom stereocenters. The van der Waals surface area contributed by atoms with Crippen molar-refractivity contribution in [3.8, 4) is 5.69 Å². The Balaban J connectivity index is 1.59. The number of carbonyl (C=O) groups is 1. The van der Waals surface area contributed by atoms with Gasteiger partial charge in [0.1, 0.15) is 11.5 Å². The van der Waals surface area contributed by atoms with E-state index in [1.165, 1.54) is 29.1 Å². The van der Waals surface area contributed by atoms with Gasteiger partial charge in [-0.05, 0) is 38.1 Å². The van der Waals surface area contributed by atoms with Crippen LogP contribution in [0.5, 0.6) is 0 Å². The van der Waals surface area contributed by atoms with E-state index in [1.807, 2.05) is 6.92 Å². The smallest absolute Gasteiger partial charge is 0.254 e. The zero-order valence-corrected chi connectivity index (χ0v) is 16.8. The summed E-state index contributed by atoms with van der Waals surface area (Å²) in [5, 5.41) is 6.73. The maximum atomic E-state index is 14.0. The van der Waals surface area contributed by atoms with Crippen LogP contribution < -0.4 is 10.0 Å². The van der Waals surface area contributed by atoms with Crippen molar-refractivity contribution in [3.63, 3.8) is 0 Å². The molecule has 1 aromatic heterocycles. The number of aryl methyl sites for hydroxylation is 1. The molecule has 3 rings (SSSR count). The van der Waals surface area contributed by atoms with Gasteiger partial charge < -0.3 is 5.32 Å². The first-order valence-corrected chi connectivity index (χ1v) is 10.4. The van der Waals surface area contributed by atoms with E-state index in [2.05, 4.69) is 15.1 Å². The van der Waals surface area contributed by atoms with Gasteiger partial charge >= 0.3 is 0 Å². The molecule has 0 spiro atoms. The van der Waals surface area contributed by atoms with Crippen LogP contribution in [0.15, 0.2) is 59.6 Å². The third kappa shape index (κ3) is 4.69. The molecule has 9 heteroatoms. The topological polar surface area (TPSA) is 93.1 Å². The number of para-hydroxylation sites is 1. The Kier molecular flexibility index (Phi) is 6.09. The zero-order chi connectivity index (χ0) is 21.0. The number of aromatic nitrogens is 2. The molecule has 0 aliphatic heterocycles.